The van der Waals surface area contributed by atoms with E-state index in [9.17, 15) is 0 Å². The van der Waals surface area contributed by atoms with Gasteiger partial charge in [0.15, 0.2) is 5.82 Å². The van der Waals surface area contributed by atoms with E-state index in [1.807, 2.05) is 0 Å². The molecule has 0 aliphatic carbocycles. The number of hydrogen-bond donors (Lipinski definition) is 1. The predicted octanol–water partition coefficient (Wildman–Crippen LogP) is 0.245. The predicted molar refractivity (Wildman–Crippen MR) is 43.6 cm³/mol. The van der Waals surface area contributed by atoms with Crippen LogP contribution >= 0.6 is 0 Å². The van der Waals surface area contributed by atoms with Crippen LogP contribution in [0, 0.1) is 0 Å². The standard InChI is InChI=1S/C7H7N5/c8-6-3-11-12(4-6)7-1-2-9-5-10-7/h1-5H,8H2. The highest BCUT2D eigenvalue weighted by Crippen LogP contribution is 2.03. The van der Waals surface area contributed by atoms with Crippen molar-refractivity contribution in [3.05, 3.63) is 31.0 Å². The van der Waals surface area contributed by atoms with Gasteiger partial charge in [-0.3, -0.25) is 0 Å². The zero-order valence-corrected chi connectivity index (χ0v) is 6.25. The lowest BCUT2D eigenvalue weighted by molar-refractivity contribution is 0.839. The Balaban J connectivity index is 2.45. The first-order valence-electron chi connectivity index (χ1n) is 3.43. The fourth-order valence-electron chi connectivity index (χ4n) is 0.881. The third-order valence-electron chi connectivity index (χ3n) is 1.40. The normalized spacial score (nSPS) is 10.0. The maximum Gasteiger partial charge on any atom is 0.156 e. The van der Waals surface area contributed by atoms with Crippen LogP contribution in [0.1, 0.15) is 0 Å². The minimum atomic E-state index is 0.619. The zero-order chi connectivity index (χ0) is 8.39. The summed E-state index contributed by atoms with van der Waals surface area (Å²) in [4.78, 5) is 7.79. The van der Waals surface area contributed by atoms with Crippen molar-refractivity contribution >= 4 is 5.69 Å². The van der Waals surface area contributed by atoms with Crippen molar-refractivity contribution in [2.24, 2.45) is 0 Å². The first-order valence-corrected chi connectivity index (χ1v) is 3.43. The van der Waals surface area contributed by atoms with E-state index in [1.165, 1.54) is 6.33 Å². The molecule has 60 valence electrons. The van der Waals surface area contributed by atoms with E-state index in [0.717, 1.165) is 0 Å². The maximum atomic E-state index is 5.49. The Labute approximate surface area is 68.9 Å². The van der Waals surface area contributed by atoms with Crippen molar-refractivity contribution in [3.63, 3.8) is 0 Å². The zero-order valence-electron chi connectivity index (χ0n) is 6.25. The molecule has 2 N–H and O–H groups in total. The van der Waals surface area contributed by atoms with Crippen LogP contribution in [-0.2, 0) is 0 Å². The van der Waals surface area contributed by atoms with Crippen molar-refractivity contribution in [2.75, 3.05) is 5.73 Å². The quantitative estimate of drug-likeness (QED) is 0.650. The number of nitrogens with two attached hydrogens (primary N) is 1. The van der Waals surface area contributed by atoms with E-state index in [2.05, 4.69) is 15.1 Å². The second-order valence-electron chi connectivity index (χ2n) is 2.29. The molecule has 0 amide bonds. The Morgan fingerprint density at radius 2 is 2.33 bits per heavy atom. The number of anilines is 1. The third-order valence-corrected chi connectivity index (χ3v) is 1.40. The van der Waals surface area contributed by atoms with Crippen molar-refractivity contribution in [2.45, 2.75) is 0 Å². The van der Waals surface area contributed by atoms with E-state index in [-0.39, 0.29) is 0 Å². The van der Waals surface area contributed by atoms with Crippen LogP contribution in [0.25, 0.3) is 5.82 Å². The highest BCUT2D eigenvalue weighted by atomic mass is 15.3. The van der Waals surface area contributed by atoms with Gasteiger partial charge in [0.25, 0.3) is 0 Å². The monoisotopic (exact) mass is 161 g/mol. The third kappa shape index (κ3) is 1.12. The molecule has 2 aromatic heterocycles. The maximum absolute atomic E-state index is 5.49. The number of rotatable bonds is 1. The summed E-state index contributed by atoms with van der Waals surface area (Å²) in [5.74, 6) is 0.710. The summed E-state index contributed by atoms with van der Waals surface area (Å²) in [5, 5.41) is 3.99. The molecule has 0 radical (unpaired) electrons. The molecule has 0 bridgehead atoms. The smallest absolute Gasteiger partial charge is 0.156 e. The van der Waals surface area contributed by atoms with Crippen LogP contribution in [0.4, 0.5) is 5.69 Å². The first-order chi connectivity index (χ1) is 5.86. The van der Waals surface area contributed by atoms with Crippen LogP contribution in [0.3, 0.4) is 0 Å². The van der Waals surface area contributed by atoms with Crippen molar-refractivity contribution < 1.29 is 0 Å². The van der Waals surface area contributed by atoms with E-state index < -0.39 is 0 Å². The topological polar surface area (TPSA) is 69.6 Å². The molecule has 0 saturated heterocycles. The molecule has 2 aromatic rings. The largest absolute Gasteiger partial charge is 0.396 e. The van der Waals surface area contributed by atoms with Gasteiger partial charge in [0.05, 0.1) is 18.1 Å². The van der Waals surface area contributed by atoms with Gasteiger partial charge in [-0.25, -0.2) is 14.6 Å². The molecule has 0 saturated carbocycles. The molecule has 0 aromatic carbocycles. The van der Waals surface area contributed by atoms with Gasteiger partial charge in [0, 0.05) is 12.3 Å². The van der Waals surface area contributed by atoms with Gasteiger partial charge in [-0.15, -0.1) is 0 Å². The Morgan fingerprint density at radius 1 is 1.42 bits per heavy atom. The SMILES string of the molecule is Nc1cnn(-c2ccncn2)c1. The van der Waals surface area contributed by atoms with Gasteiger partial charge in [0.2, 0.25) is 0 Å². The number of nitrogens with zero attached hydrogens (tertiary/aromatic N) is 4. The van der Waals surface area contributed by atoms with Crippen LogP contribution < -0.4 is 5.73 Å². The molecular formula is C7H7N5. The lowest BCUT2D eigenvalue weighted by atomic mass is 10.6. The van der Waals surface area contributed by atoms with Crippen LogP contribution in [-0.4, -0.2) is 19.7 Å². The molecule has 0 fully saturated rings. The molecule has 0 aliphatic rings. The molecule has 12 heavy (non-hydrogen) atoms. The number of nitrogen functional groups attached to an aromatic ring is 1. The van der Waals surface area contributed by atoms with E-state index in [0.29, 0.717) is 11.5 Å². The van der Waals surface area contributed by atoms with Gasteiger partial charge in [0.1, 0.15) is 6.33 Å². The fourth-order valence-corrected chi connectivity index (χ4v) is 0.881. The highest BCUT2D eigenvalue weighted by molar-refractivity contribution is 5.34. The molecule has 0 spiro atoms. The molecule has 2 rings (SSSR count). The lowest BCUT2D eigenvalue weighted by Gasteiger charge is -1.96. The highest BCUT2D eigenvalue weighted by Gasteiger charge is 1.96. The van der Waals surface area contributed by atoms with Crippen molar-refractivity contribution in [1.82, 2.24) is 19.7 Å². The Hall–Kier alpha value is -1.91. The van der Waals surface area contributed by atoms with Crippen LogP contribution in [0.2, 0.25) is 0 Å². The molecule has 0 atom stereocenters. The molecular weight excluding hydrogens is 154 g/mol. The van der Waals surface area contributed by atoms with Crippen molar-refractivity contribution in [3.8, 4) is 5.82 Å². The van der Waals surface area contributed by atoms with Crippen LogP contribution in [0.5, 0.6) is 0 Å². The Morgan fingerprint density at radius 3 is 2.92 bits per heavy atom. The average molecular weight is 161 g/mol. The summed E-state index contributed by atoms with van der Waals surface area (Å²) in [6, 6.07) is 1.76. The lowest BCUT2D eigenvalue weighted by Crippen LogP contribution is -1.97. The Kier molecular flexibility index (Phi) is 1.48. The van der Waals surface area contributed by atoms with Gasteiger partial charge < -0.3 is 5.73 Å². The second-order valence-corrected chi connectivity index (χ2v) is 2.29. The van der Waals surface area contributed by atoms with Crippen LogP contribution in [0.15, 0.2) is 31.0 Å². The van der Waals surface area contributed by atoms with Crippen molar-refractivity contribution in [1.29, 1.82) is 0 Å². The summed E-state index contributed by atoms with van der Waals surface area (Å²) in [6.07, 6.45) is 6.39. The minimum absolute atomic E-state index is 0.619. The van der Waals surface area contributed by atoms with Gasteiger partial charge in [-0.2, -0.15) is 5.10 Å². The second kappa shape index (κ2) is 2.61. The number of hydrogen-bond acceptors (Lipinski definition) is 4. The first kappa shape index (κ1) is 6.78. The molecule has 0 unspecified atom stereocenters. The molecule has 5 nitrogen and oxygen atoms in total. The summed E-state index contributed by atoms with van der Waals surface area (Å²) in [7, 11) is 0. The minimum Gasteiger partial charge on any atom is -0.396 e. The average Bonchev–Trinajstić information content (AvgIpc) is 2.54. The Bertz CT molecular complexity index is 366. The van der Waals surface area contributed by atoms with E-state index in [1.54, 1.807) is 29.3 Å². The van der Waals surface area contributed by atoms with E-state index >= 15 is 0 Å². The van der Waals surface area contributed by atoms with Gasteiger partial charge >= 0.3 is 0 Å². The molecule has 2 heterocycles. The fraction of sp³-hybridized carbons (Fsp3) is 0. The molecule has 5 heteroatoms. The number of aromatic nitrogens is 4. The molecule has 0 aliphatic heterocycles. The summed E-state index contributed by atoms with van der Waals surface area (Å²) < 4.78 is 1.59. The summed E-state index contributed by atoms with van der Waals surface area (Å²) >= 11 is 0. The van der Waals surface area contributed by atoms with E-state index in [4.69, 9.17) is 5.73 Å². The summed E-state index contributed by atoms with van der Waals surface area (Å²) in [6.45, 7) is 0. The van der Waals surface area contributed by atoms with Gasteiger partial charge in [-0.1, -0.05) is 0 Å². The summed E-state index contributed by atoms with van der Waals surface area (Å²) in [5.41, 5.74) is 6.11. The van der Waals surface area contributed by atoms with Gasteiger partial charge in [-0.05, 0) is 0 Å².